The zero-order valence-corrected chi connectivity index (χ0v) is 14.1. The molecular weight excluding hydrogens is 328 g/mol. The highest BCUT2D eigenvalue weighted by Crippen LogP contribution is 2.56. The smallest absolute Gasteiger partial charge is 0.340 e. The average Bonchev–Trinajstić information content (AvgIpc) is 2.55. The molecule has 1 aromatic carbocycles. The van der Waals surface area contributed by atoms with E-state index in [2.05, 4.69) is 10.1 Å². The minimum Gasteiger partial charge on any atom is -0.465 e. The number of hydrogen-bond donors (Lipinski definition) is 1. The molecule has 4 saturated carbocycles. The molecule has 0 saturated heterocycles. The standard InChI is InChI=1S/C19H21F2NO3/c1-25-19(24)13-7-16(15(21)8-14(13)20)22-18(23)17-11-3-9-2-10(5-11)6-12(17)4-9/h7-12,17H,2-6H2,1H3,(H,22,23). The second-order valence-electron chi connectivity index (χ2n) is 7.75. The molecule has 0 atom stereocenters. The summed E-state index contributed by atoms with van der Waals surface area (Å²) in [6.45, 7) is 0. The van der Waals surface area contributed by atoms with Crippen LogP contribution < -0.4 is 5.32 Å². The van der Waals surface area contributed by atoms with Crippen LogP contribution in [0, 0.1) is 41.2 Å². The molecule has 5 rings (SSSR count). The number of carbonyl (C=O) groups excluding carboxylic acids is 2. The molecule has 4 nitrogen and oxygen atoms in total. The summed E-state index contributed by atoms with van der Waals surface area (Å²) in [5.41, 5.74) is -0.551. The van der Waals surface area contributed by atoms with Crippen molar-refractivity contribution in [2.24, 2.45) is 29.6 Å². The molecule has 4 fully saturated rings. The van der Waals surface area contributed by atoms with Crippen LogP contribution in [0.3, 0.4) is 0 Å². The third-order valence-electron chi connectivity index (χ3n) is 6.25. The lowest BCUT2D eigenvalue weighted by Crippen LogP contribution is -2.49. The van der Waals surface area contributed by atoms with Gasteiger partial charge in [-0.25, -0.2) is 13.6 Å². The predicted molar refractivity (Wildman–Crippen MR) is 86.9 cm³/mol. The molecule has 134 valence electrons. The normalized spacial score (nSPS) is 32.5. The summed E-state index contributed by atoms with van der Waals surface area (Å²) >= 11 is 0. The Hall–Kier alpha value is -1.98. The fraction of sp³-hybridized carbons (Fsp3) is 0.579. The maximum absolute atomic E-state index is 14.1. The molecular formula is C19H21F2NO3. The molecule has 1 N–H and O–H groups in total. The van der Waals surface area contributed by atoms with Gasteiger partial charge >= 0.3 is 5.97 Å². The van der Waals surface area contributed by atoms with E-state index >= 15 is 0 Å². The Morgan fingerprint density at radius 2 is 1.60 bits per heavy atom. The summed E-state index contributed by atoms with van der Waals surface area (Å²) < 4.78 is 32.3. The fourth-order valence-electron chi connectivity index (χ4n) is 5.48. The number of nitrogens with one attached hydrogen (secondary N) is 1. The van der Waals surface area contributed by atoms with E-state index < -0.39 is 17.6 Å². The minimum atomic E-state index is -1.00. The number of benzene rings is 1. The molecule has 0 aromatic heterocycles. The molecule has 1 aromatic rings. The van der Waals surface area contributed by atoms with Gasteiger partial charge in [0.25, 0.3) is 0 Å². The van der Waals surface area contributed by atoms with Gasteiger partial charge in [-0.2, -0.15) is 0 Å². The Bertz CT molecular complexity index is 706. The number of carbonyl (C=O) groups is 2. The van der Waals surface area contributed by atoms with Crippen LogP contribution in [0.4, 0.5) is 14.5 Å². The summed E-state index contributed by atoms with van der Waals surface area (Å²) in [5, 5.41) is 2.60. The molecule has 6 heteroatoms. The van der Waals surface area contributed by atoms with Crippen molar-refractivity contribution in [3.8, 4) is 0 Å². The largest absolute Gasteiger partial charge is 0.465 e. The third kappa shape index (κ3) is 2.81. The van der Waals surface area contributed by atoms with Gasteiger partial charge < -0.3 is 10.1 Å². The van der Waals surface area contributed by atoms with Gasteiger partial charge in [-0.15, -0.1) is 0 Å². The second-order valence-corrected chi connectivity index (χ2v) is 7.75. The number of rotatable bonds is 3. The summed E-state index contributed by atoms with van der Waals surface area (Å²) in [5.74, 6) is -0.921. The number of halogens is 2. The molecule has 25 heavy (non-hydrogen) atoms. The maximum atomic E-state index is 14.1. The topological polar surface area (TPSA) is 55.4 Å². The van der Waals surface area contributed by atoms with Crippen LogP contribution in [-0.2, 0) is 9.53 Å². The van der Waals surface area contributed by atoms with E-state index in [1.807, 2.05) is 0 Å². The fourth-order valence-corrected chi connectivity index (χ4v) is 5.48. The SMILES string of the molecule is COC(=O)c1cc(NC(=O)C2C3CC4CC(C3)CC2C4)c(F)cc1F. The first-order valence-electron chi connectivity index (χ1n) is 8.84. The van der Waals surface area contributed by atoms with Gasteiger partial charge in [0.05, 0.1) is 18.4 Å². The first kappa shape index (κ1) is 16.5. The van der Waals surface area contributed by atoms with Gasteiger partial charge in [0.15, 0.2) is 0 Å². The van der Waals surface area contributed by atoms with E-state index in [1.54, 1.807) is 0 Å². The quantitative estimate of drug-likeness (QED) is 0.846. The van der Waals surface area contributed by atoms with Crippen LogP contribution in [0.15, 0.2) is 12.1 Å². The monoisotopic (exact) mass is 349 g/mol. The highest BCUT2D eigenvalue weighted by atomic mass is 19.1. The Morgan fingerprint density at radius 3 is 2.16 bits per heavy atom. The van der Waals surface area contributed by atoms with E-state index in [-0.39, 0.29) is 23.1 Å². The highest BCUT2D eigenvalue weighted by Gasteiger charge is 2.50. The van der Waals surface area contributed by atoms with Crippen molar-refractivity contribution in [1.29, 1.82) is 0 Å². The van der Waals surface area contributed by atoms with Crippen molar-refractivity contribution in [3.05, 3.63) is 29.3 Å². The predicted octanol–water partition coefficient (Wildman–Crippen LogP) is 3.76. The molecule has 4 bridgehead atoms. The van der Waals surface area contributed by atoms with Crippen molar-refractivity contribution >= 4 is 17.6 Å². The maximum Gasteiger partial charge on any atom is 0.340 e. The average molecular weight is 349 g/mol. The summed E-state index contributed by atoms with van der Waals surface area (Å²) in [6, 6.07) is 1.63. The van der Waals surface area contributed by atoms with E-state index in [4.69, 9.17) is 0 Å². The number of ether oxygens (including phenoxy) is 1. The zero-order valence-electron chi connectivity index (χ0n) is 14.1. The van der Waals surface area contributed by atoms with Crippen LogP contribution in [0.1, 0.15) is 42.5 Å². The summed E-state index contributed by atoms with van der Waals surface area (Å²) in [6.07, 6.45) is 5.58. The van der Waals surface area contributed by atoms with Gasteiger partial charge in [0, 0.05) is 12.0 Å². The Morgan fingerprint density at radius 1 is 1.00 bits per heavy atom. The summed E-state index contributed by atoms with van der Waals surface area (Å²) in [7, 11) is 1.12. The Balaban J connectivity index is 1.56. The first-order valence-corrected chi connectivity index (χ1v) is 8.84. The van der Waals surface area contributed by atoms with Crippen LogP contribution in [0.25, 0.3) is 0 Å². The van der Waals surface area contributed by atoms with Gasteiger partial charge in [-0.1, -0.05) is 0 Å². The van der Waals surface area contributed by atoms with Crippen LogP contribution in [-0.4, -0.2) is 19.0 Å². The number of methoxy groups -OCH3 is 1. The Labute approximate surface area is 144 Å². The molecule has 4 aliphatic carbocycles. The minimum absolute atomic E-state index is 0.112. The van der Waals surface area contributed by atoms with Gasteiger partial charge in [-0.3, -0.25) is 4.79 Å². The van der Waals surface area contributed by atoms with Gasteiger partial charge in [0.1, 0.15) is 11.6 Å². The molecule has 1 amide bonds. The lowest BCUT2D eigenvalue weighted by molar-refractivity contribution is -0.132. The van der Waals surface area contributed by atoms with Crippen molar-refractivity contribution in [1.82, 2.24) is 0 Å². The van der Waals surface area contributed by atoms with Gasteiger partial charge in [-0.05, 0) is 61.8 Å². The van der Waals surface area contributed by atoms with E-state index in [9.17, 15) is 18.4 Å². The van der Waals surface area contributed by atoms with Crippen LogP contribution >= 0.6 is 0 Å². The second kappa shape index (κ2) is 6.07. The molecule has 0 radical (unpaired) electrons. The molecule has 4 aliphatic rings. The molecule has 0 spiro atoms. The number of hydrogen-bond acceptors (Lipinski definition) is 3. The number of amides is 1. The van der Waals surface area contributed by atoms with Crippen molar-refractivity contribution in [3.63, 3.8) is 0 Å². The molecule has 0 heterocycles. The Kier molecular flexibility index (Phi) is 4.01. The zero-order chi connectivity index (χ0) is 17.7. The third-order valence-corrected chi connectivity index (χ3v) is 6.25. The van der Waals surface area contributed by atoms with Crippen molar-refractivity contribution in [2.75, 3.05) is 12.4 Å². The lowest BCUT2D eigenvalue weighted by Gasteiger charge is -2.53. The van der Waals surface area contributed by atoms with Crippen LogP contribution in [0.2, 0.25) is 0 Å². The van der Waals surface area contributed by atoms with Crippen LogP contribution in [0.5, 0.6) is 0 Å². The van der Waals surface area contributed by atoms with E-state index in [1.165, 1.54) is 6.42 Å². The number of esters is 1. The van der Waals surface area contributed by atoms with Crippen molar-refractivity contribution < 1.29 is 23.1 Å². The van der Waals surface area contributed by atoms with Gasteiger partial charge in [0.2, 0.25) is 5.91 Å². The lowest BCUT2D eigenvalue weighted by atomic mass is 9.51. The summed E-state index contributed by atoms with van der Waals surface area (Å²) in [4.78, 5) is 24.4. The number of anilines is 1. The first-order chi connectivity index (χ1) is 12.0. The van der Waals surface area contributed by atoms with Crippen molar-refractivity contribution in [2.45, 2.75) is 32.1 Å². The van der Waals surface area contributed by atoms with E-state index in [0.29, 0.717) is 17.9 Å². The molecule has 0 unspecified atom stereocenters. The molecule has 0 aliphatic heterocycles. The van der Waals surface area contributed by atoms with E-state index in [0.717, 1.165) is 50.7 Å². The highest BCUT2D eigenvalue weighted by molar-refractivity contribution is 5.96.